The van der Waals surface area contributed by atoms with Crippen LogP contribution in [0.4, 0.5) is 5.69 Å². The van der Waals surface area contributed by atoms with Gasteiger partial charge in [0.2, 0.25) is 0 Å². The zero-order valence-electron chi connectivity index (χ0n) is 16.2. The molecule has 31 heavy (non-hydrogen) atoms. The number of nitriles is 1. The second-order valence-corrected chi connectivity index (χ2v) is 6.66. The third-order valence-electron chi connectivity index (χ3n) is 4.29. The van der Waals surface area contributed by atoms with Crippen LogP contribution in [0.25, 0.3) is 11.6 Å². The number of nitro groups is 1. The van der Waals surface area contributed by atoms with Crippen molar-refractivity contribution in [2.75, 3.05) is 7.11 Å². The van der Waals surface area contributed by atoms with Gasteiger partial charge in [-0.2, -0.15) is 5.26 Å². The largest absolute Gasteiger partial charge is 0.493 e. The zero-order chi connectivity index (χ0) is 22.4. The lowest BCUT2D eigenvalue weighted by atomic mass is 10.0. The van der Waals surface area contributed by atoms with E-state index in [1.807, 2.05) is 30.3 Å². The first-order valence-corrected chi connectivity index (χ1v) is 9.32. The van der Waals surface area contributed by atoms with E-state index in [4.69, 9.17) is 21.1 Å². The molecule has 0 heterocycles. The fourth-order valence-electron chi connectivity index (χ4n) is 2.76. The van der Waals surface area contributed by atoms with Crippen LogP contribution in [0, 0.1) is 21.4 Å². The van der Waals surface area contributed by atoms with Gasteiger partial charge in [-0.3, -0.25) is 10.1 Å². The summed E-state index contributed by atoms with van der Waals surface area (Å²) < 4.78 is 10.7. The Bertz CT molecular complexity index is 1220. The van der Waals surface area contributed by atoms with Gasteiger partial charge in [0, 0.05) is 12.1 Å². The SMILES string of the molecule is COc1cc(/C=C(\C#N)c2ccccc2)ccc1OC(=O)c1ccc([N+](=O)[O-])cc1Cl. The highest BCUT2D eigenvalue weighted by molar-refractivity contribution is 6.33. The molecule has 0 N–H and O–H groups in total. The summed E-state index contributed by atoms with van der Waals surface area (Å²) in [7, 11) is 1.42. The molecule has 0 unspecified atom stereocenters. The number of ether oxygens (including phenoxy) is 2. The number of allylic oxidation sites excluding steroid dienone is 1. The average Bonchev–Trinajstić information content (AvgIpc) is 2.78. The molecule has 0 atom stereocenters. The molecule has 0 aliphatic carbocycles. The van der Waals surface area contributed by atoms with Gasteiger partial charge in [-0.1, -0.05) is 48.0 Å². The van der Waals surface area contributed by atoms with E-state index in [-0.39, 0.29) is 27.8 Å². The maximum atomic E-state index is 12.5. The number of rotatable bonds is 6. The molecule has 0 spiro atoms. The van der Waals surface area contributed by atoms with Crippen molar-refractivity contribution in [3.8, 4) is 17.6 Å². The Morgan fingerprint density at radius 1 is 1.10 bits per heavy atom. The predicted octanol–water partition coefficient (Wildman–Crippen LogP) is 5.54. The lowest BCUT2D eigenvalue weighted by Crippen LogP contribution is -2.10. The average molecular weight is 435 g/mol. The predicted molar refractivity (Wildman–Crippen MR) is 116 cm³/mol. The van der Waals surface area contributed by atoms with Gasteiger partial charge in [-0.25, -0.2) is 4.79 Å². The van der Waals surface area contributed by atoms with Crippen LogP contribution in [0.15, 0.2) is 66.7 Å². The summed E-state index contributed by atoms with van der Waals surface area (Å²) in [6, 6.07) is 19.7. The van der Waals surface area contributed by atoms with Crippen molar-refractivity contribution < 1.29 is 19.2 Å². The highest BCUT2D eigenvalue weighted by atomic mass is 35.5. The van der Waals surface area contributed by atoms with Crippen molar-refractivity contribution >= 4 is 34.9 Å². The molecule has 0 aliphatic heterocycles. The van der Waals surface area contributed by atoms with E-state index in [0.29, 0.717) is 11.1 Å². The molecule has 0 fully saturated rings. The first-order valence-electron chi connectivity index (χ1n) is 8.94. The van der Waals surface area contributed by atoms with Gasteiger partial charge in [0.1, 0.15) is 0 Å². The highest BCUT2D eigenvalue weighted by Crippen LogP contribution is 2.31. The van der Waals surface area contributed by atoms with Crippen LogP contribution in [0.3, 0.4) is 0 Å². The number of methoxy groups -OCH3 is 1. The molecule has 0 bridgehead atoms. The number of carbonyl (C=O) groups excluding carboxylic acids is 1. The first-order chi connectivity index (χ1) is 14.9. The first kappa shape index (κ1) is 21.6. The molecule has 3 aromatic carbocycles. The summed E-state index contributed by atoms with van der Waals surface area (Å²) >= 11 is 5.99. The molecule has 8 heteroatoms. The summed E-state index contributed by atoms with van der Waals surface area (Å²) in [5, 5.41) is 20.2. The van der Waals surface area contributed by atoms with Crippen LogP contribution in [-0.2, 0) is 0 Å². The maximum Gasteiger partial charge on any atom is 0.345 e. The monoisotopic (exact) mass is 434 g/mol. The lowest BCUT2D eigenvalue weighted by molar-refractivity contribution is -0.384. The van der Waals surface area contributed by atoms with Crippen LogP contribution in [0.2, 0.25) is 5.02 Å². The van der Waals surface area contributed by atoms with E-state index in [1.54, 1.807) is 18.2 Å². The van der Waals surface area contributed by atoms with Crippen LogP contribution in [-0.4, -0.2) is 18.0 Å². The van der Waals surface area contributed by atoms with E-state index in [2.05, 4.69) is 6.07 Å². The quantitative estimate of drug-likeness (QED) is 0.126. The van der Waals surface area contributed by atoms with Gasteiger partial charge in [0.05, 0.1) is 34.3 Å². The smallest absolute Gasteiger partial charge is 0.345 e. The van der Waals surface area contributed by atoms with Crippen molar-refractivity contribution in [3.63, 3.8) is 0 Å². The lowest BCUT2D eigenvalue weighted by Gasteiger charge is -2.11. The zero-order valence-corrected chi connectivity index (χ0v) is 17.0. The molecule has 7 nitrogen and oxygen atoms in total. The van der Waals surface area contributed by atoms with Gasteiger partial charge in [-0.15, -0.1) is 0 Å². The molecule has 154 valence electrons. The molecule has 0 radical (unpaired) electrons. The molecule has 3 aromatic rings. The van der Waals surface area contributed by atoms with Gasteiger partial charge < -0.3 is 9.47 Å². The number of carbonyl (C=O) groups is 1. The number of nitro benzene ring substituents is 1. The summed E-state index contributed by atoms with van der Waals surface area (Å²) in [6.07, 6.45) is 1.69. The summed E-state index contributed by atoms with van der Waals surface area (Å²) in [6.45, 7) is 0. The number of benzene rings is 3. The summed E-state index contributed by atoms with van der Waals surface area (Å²) in [5.74, 6) is -0.383. The Morgan fingerprint density at radius 3 is 2.45 bits per heavy atom. The number of esters is 1. The van der Waals surface area contributed by atoms with Crippen molar-refractivity contribution in [2.24, 2.45) is 0 Å². The van der Waals surface area contributed by atoms with E-state index < -0.39 is 10.9 Å². The number of non-ortho nitro benzene ring substituents is 1. The van der Waals surface area contributed by atoms with Gasteiger partial charge in [0.25, 0.3) is 5.69 Å². The number of hydrogen-bond acceptors (Lipinski definition) is 6. The minimum atomic E-state index is -0.788. The van der Waals surface area contributed by atoms with Crippen molar-refractivity contribution in [1.29, 1.82) is 5.26 Å². The topological polar surface area (TPSA) is 102 Å². The number of nitrogens with zero attached hydrogens (tertiary/aromatic N) is 2. The van der Waals surface area contributed by atoms with Crippen molar-refractivity contribution in [1.82, 2.24) is 0 Å². The van der Waals surface area contributed by atoms with Crippen LogP contribution in [0.5, 0.6) is 11.5 Å². The third-order valence-corrected chi connectivity index (χ3v) is 4.60. The maximum absolute atomic E-state index is 12.5. The Balaban J connectivity index is 1.87. The van der Waals surface area contributed by atoms with E-state index in [9.17, 15) is 20.2 Å². The van der Waals surface area contributed by atoms with Crippen molar-refractivity contribution in [3.05, 3.63) is 98.6 Å². The van der Waals surface area contributed by atoms with E-state index in [1.165, 1.54) is 25.3 Å². The molecule has 0 saturated carbocycles. The fourth-order valence-corrected chi connectivity index (χ4v) is 3.01. The summed E-state index contributed by atoms with van der Waals surface area (Å²) in [5.41, 5.74) is 1.65. The van der Waals surface area contributed by atoms with Gasteiger partial charge >= 0.3 is 5.97 Å². The Labute approximate surface area is 182 Å². The Hall–Kier alpha value is -4.15. The molecule has 0 aromatic heterocycles. The highest BCUT2D eigenvalue weighted by Gasteiger charge is 2.18. The standard InChI is InChI=1S/C23H15ClN2O5/c1-30-22-12-15(11-17(14-25)16-5-3-2-4-6-16)7-10-21(22)31-23(27)19-9-8-18(26(28)29)13-20(19)24/h2-13H,1H3/b17-11+. The van der Waals surface area contributed by atoms with Crippen molar-refractivity contribution in [2.45, 2.75) is 0 Å². The third kappa shape index (κ3) is 5.07. The van der Waals surface area contributed by atoms with Crippen LogP contribution >= 0.6 is 11.6 Å². The normalized spacial score (nSPS) is 10.8. The number of halogens is 1. The molecule has 0 aliphatic rings. The minimum absolute atomic E-state index is 0.0193. The molecular weight excluding hydrogens is 420 g/mol. The number of hydrogen-bond donors (Lipinski definition) is 0. The van der Waals surface area contributed by atoms with Gasteiger partial charge in [-0.05, 0) is 35.4 Å². The summed E-state index contributed by atoms with van der Waals surface area (Å²) in [4.78, 5) is 22.7. The van der Waals surface area contributed by atoms with Crippen LogP contribution < -0.4 is 9.47 Å². The minimum Gasteiger partial charge on any atom is -0.493 e. The van der Waals surface area contributed by atoms with E-state index in [0.717, 1.165) is 11.6 Å². The molecular formula is C23H15ClN2O5. The van der Waals surface area contributed by atoms with E-state index >= 15 is 0 Å². The second-order valence-electron chi connectivity index (χ2n) is 6.26. The molecule has 0 amide bonds. The fraction of sp³-hybridized carbons (Fsp3) is 0.0435. The Kier molecular flexibility index (Phi) is 6.65. The molecule has 3 rings (SSSR count). The molecule has 0 saturated heterocycles. The Morgan fingerprint density at radius 2 is 1.84 bits per heavy atom. The van der Waals surface area contributed by atoms with Crippen LogP contribution in [0.1, 0.15) is 21.5 Å². The van der Waals surface area contributed by atoms with Gasteiger partial charge in [0.15, 0.2) is 11.5 Å². The second kappa shape index (κ2) is 9.57.